The highest BCUT2D eigenvalue weighted by atomic mass is 35.5. The molecule has 0 aromatic heterocycles. The van der Waals surface area contributed by atoms with Crippen LogP contribution in [0.2, 0.25) is 5.02 Å². The number of nitrogens with zero attached hydrogens (tertiary/aromatic N) is 1. The third kappa shape index (κ3) is 3.06. The van der Waals surface area contributed by atoms with Gasteiger partial charge >= 0.3 is 0 Å². The van der Waals surface area contributed by atoms with Crippen molar-refractivity contribution in [3.63, 3.8) is 0 Å². The molecule has 0 unspecified atom stereocenters. The van der Waals surface area contributed by atoms with Crippen molar-refractivity contribution in [2.45, 2.75) is 25.7 Å². The van der Waals surface area contributed by atoms with Crippen LogP contribution in [0.1, 0.15) is 36.0 Å². The Labute approximate surface area is 129 Å². The molecule has 0 atom stereocenters. The number of rotatable bonds is 1. The van der Waals surface area contributed by atoms with Crippen molar-refractivity contribution in [3.05, 3.63) is 34.6 Å². The van der Waals surface area contributed by atoms with Crippen molar-refractivity contribution in [1.29, 1.82) is 0 Å². The van der Waals surface area contributed by atoms with Crippen LogP contribution in [0.3, 0.4) is 0 Å². The molecule has 5 heteroatoms. The average Bonchev–Trinajstić information content (AvgIpc) is 2.48. The van der Waals surface area contributed by atoms with Crippen LogP contribution in [-0.4, -0.2) is 37.0 Å². The van der Waals surface area contributed by atoms with Crippen LogP contribution in [0, 0.1) is 11.2 Å². The van der Waals surface area contributed by atoms with E-state index in [2.05, 4.69) is 5.32 Å². The zero-order valence-electron chi connectivity index (χ0n) is 12.0. The number of amides is 1. The van der Waals surface area contributed by atoms with Crippen molar-refractivity contribution in [1.82, 2.24) is 10.2 Å². The van der Waals surface area contributed by atoms with Crippen LogP contribution in [0.5, 0.6) is 0 Å². The molecule has 0 aliphatic carbocycles. The lowest BCUT2D eigenvalue weighted by molar-refractivity contribution is 0.0492. The first-order valence-corrected chi connectivity index (χ1v) is 7.93. The topological polar surface area (TPSA) is 32.3 Å². The zero-order chi connectivity index (χ0) is 14.9. The van der Waals surface area contributed by atoms with Gasteiger partial charge in [0.2, 0.25) is 0 Å². The first kappa shape index (κ1) is 14.8. The van der Waals surface area contributed by atoms with E-state index in [4.69, 9.17) is 11.6 Å². The Morgan fingerprint density at radius 2 is 1.86 bits per heavy atom. The average molecular weight is 311 g/mol. The van der Waals surface area contributed by atoms with Crippen molar-refractivity contribution in [2.75, 3.05) is 26.2 Å². The smallest absolute Gasteiger partial charge is 0.256 e. The molecule has 3 nitrogen and oxygen atoms in total. The van der Waals surface area contributed by atoms with E-state index in [1.807, 2.05) is 0 Å². The highest BCUT2D eigenvalue weighted by Crippen LogP contribution is 2.39. The van der Waals surface area contributed by atoms with Gasteiger partial charge in [-0.3, -0.25) is 4.79 Å². The molecule has 0 saturated carbocycles. The summed E-state index contributed by atoms with van der Waals surface area (Å²) in [7, 11) is 0. The molecule has 1 spiro atoms. The molecule has 0 radical (unpaired) electrons. The Morgan fingerprint density at radius 1 is 1.19 bits per heavy atom. The summed E-state index contributed by atoms with van der Waals surface area (Å²) in [4.78, 5) is 14.2. The van der Waals surface area contributed by atoms with Gasteiger partial charge in [0, 0.05) is 18.1 Å². The van der Waals surface area contributed by atoms with Crippen LogP contribution in [0.25, 0.3) is 0 Å². The lowest BCUT2D eigenvalue weighted by atomic mass is 9.71. The number of benzene rings is 1. The fourth-order valence-electron chi connectivity index (χ4n) is 3.47. The third-order valence-electron chi connectivity index (χ3n) is 4.94. The quantitative estimate of drug-likeness (QED) is 0.864. The second kappa shape index (κ2) is 5.93. The molecule has 2 aliphatic rings. The molecular formula is C16H20ClFN2O. The summed E-state index contributed by atoms with van der Waals surface area (Å²) < 4.78 is 13.9. The van der Waals surface area contributed by atoms with Gasteiger partial charge in [-0.15, -0.1) is 0 Å². The van der Waals surface area contributed by atoms with Crippen LogP contribution >= 0.6 is 11.6 Å². The van der Waals surface area contributed by atoms with Gasteiger partial charge in [-0.25, -0.2) is 4.39 Å². The first-order chi connectivity index (χ1) is 10.1. The fraction of sp³-hybridized carbons (Fsp3) is 0.562. The predicted octanol–water partition coefficient (Wildman–Crippen LogP) is 3.08. The summed E-state index contributed by atoms with van der Waals surface area (Å²) in [5.74, 6) is -0.748. The van der Waals surface area contributed by atoms with E-state index in [0.717, 1.165) is 39.0 Å². The number of piperidine rings is 2. The van der Waals surface area contributed by atoms with Crippen molar-refractivity contribution < 1.29 is 9.18 Å². The van der Waals surface area contributed by atoms with Crippen molar-refractivity contribution in [3.8, 4) is 0 Å². The summed E-state index contributed by atoms with van der Waals surface area (Å²) in [6.07, 6.45) is 4.42. The molecular weight excluding hydrogens is 291 g/mol. The van der Waals surface area contributed by atoms with E-state index in [-0.39, 0.29) is 11.5 Å². The standard InChI is InChI=1S/C16H20ClFN2O/c17-12-1-2-13(14(18)11-12)15(21)20-9-5-16(6-10-20)3-7-19-8-4-16/h1-2,11,19H,3-10H2. The molecule has 2 fully saturated rings. The van der Waals surface area contributed by atoms with E-state index < -0.39 is 5.82 Å². The zero-order valence-corrected chi connectivity index (χ0v) is 12.8. The molecule has 1 amide bonds. The molecule has 1 aromatic rings. The summed E-state index contributed by atoms with van der Waals surface area (Å²) >= 11 is 5.73. The molecule has 3 rings (SSSR count). The van der Waals surface area contributed by atoms with Gasteiger partial charge in [-0.1, -0.05) is 11.6 Å². The molecule has 0 bridgehead atoms. The van der Waals surface area contributed by atoms with Crippen LogP contribution < -0.4 is 5.32 Å². The summed E-state index contributed by atoms with van der Waals surface area (Å²) in [6.45, 7) is 3.58. The maximum atomic E-state index is 13.9. The van der Waals surface area contributed by atoms with Crippen LogP contribution in [-0.2, 0) is 0 Å². The van der Waals surface area contributed by atoms with Gasteiger partial charge < -0.3 is 10.2 Å². The highest BCUT2D eigenvalue weighted by molar-refractivity contribution is 6.30. The Kier molecular flexibility index (Phi) is 4.18. The fourth-order valence-corrected chi connectivity index (χ4v) is 3.63. The van der Waals surface area contributed by atoms with E-state index >= 15 is 0 Å². The van der Waals surface area contributed by atoms with Crippen LogP contribution in [0.15, 0.2) is 18.2 Å². The van der Waals surface area contributed by atoms with Crippen LogP contribution in [0.4, 0.5) is 4.39 Å². The maximum absolute atomic E-state index is 13.9. The van der Waals surface area contributed by atoms with Gasteiger partial charge in [0.05, 0.1) is 5.56 Å². The Balaban J connectivity index is 1.67. The number of carbonyl (C=O) groups excluding carboxylic acids is 1. The second-order valence-electron chi connectivity index (χ2n) is 6.17. The van der Waals surface area contributed by atoms with Gasteiger partial charge in [0.15, 0.2) is 0 Å². The predicted molar refractivity (Wildman–Crippen MR) is 81.1 cm³/mol. The molecule has 1 aromatic carbocycles. The van der Waals surface area contributed by atoms with E-state index in [1.165, 1.54) is 25.0 Å². The minimum atomic E-state index is -0.533. The molecule has 21 heavy (non-hydrogen) atoms. The minimum absolute atomic E-state index is 0.126. The number of halogens is 2. The summed E-state index contributed by atoms with van der Waals surface area (Å²) in [6, 6.07) is 4.25. The molecule has 114 valence electrons. The van der Waals surface area contributed by atoms with E-state index in [1.54, 1.807) is 11.0 Å². The molecule has 2 heterocycles. The van der Waals surface area contributed by atoms with Crippen molar-refractivity contribution in [2.24, 2.45) is 5.41 Å². The third-order valence-corrected chi connectivity index (χ3v) is 5.17. The number of nitrogens with one attached hydrogen (secondary N) is 1. The SMILES string of the molecule is O=C(c1ccc(Cl)cc1F)N1CCC2(CCNCC2)CC1. The number of carbonyl (C=O) groups is 1. The Bertz CT molecular complexity index is 533. The Morgan fingerprint density at radius 3 is 2.48 bits per heavy atom. The second-order valence-corrected chi connectivity index (χ2v) is 6.60. The van der Waals surface area contributed by atoms with Gasteiger partial charge in [0.25, 0.3) is 5.91 Å². The molecule has 2 aliphatic heterocycles. The summed E-state index contributed by atoms with van der Waals surface area (Å²) in [5, 5.41) is 3.70. The number of likely N-dealkylation sites (tertiary alicyclic amines) is 1. The van der Waals surface area contributed by atoms with Gasteiger partial charge in [-0.05, 0) is 62.4 Å². The lowest BCUT2D eigenvalue weighted by Crippen LogP contribution is -2.47. The Hall–Kier alpha value is -1.13. The normalized spacial score (nSPS) is 21.5. The summed E-state index contributed by atoms with van der Waals surface area (Å²) in [5.41, 5.74) is 0.515. The number of hydrogen-bond donors (Lipinski definition) is 1. The maximum Gasteiger partial charge on any atom is 0.256 e. The largest absolute Gasteiger partial charge is 0.339 e. The van der Waals surface area contributed by atoms with E-state index in [9.17, 15) is 9.18 Å². The number of hydrogen-bond acceptors (Lipinski definition) is 2. The van der Waals surface area contributed by atoms with Crippen molar-refractivity contribution >= 4 is 17.5 Å². The monoisotopic (exact) mass is 310 g/mol. The van der Waals surface area contributed by atoms with E-state index in [0.29, 0.717) is 10.4 Å². The first-order valence-electron chi connectivity index (χ1n) is 7.55. The lowest BCUT2D eigenvalue weighted by Gasteiger charge is -2.44. The minimum Gasteiger partial charge on any atom is -0.339 e. The van der Waals surface area contributed by atoms with Gasteiger partial charge in [-0.2, -0.15) is 0 Å². The van der Waals surface area contributed by atoms with Gasteiger partial charge in [0.1, 0.15) is 5.82 Å². The molecule has 2 saturated heterocycles. The highest BCUT2D eigenvalue weighted by Gasteiger charge is 2.37. The molecule has 1 N–H and O–H groups in total.